The van der Waals surface area contributed by atoms with Crippen molar-refractivity contribution < 1.29 is 32.4 Å². The van der Waals surface area contributed by atoms with Crippen LogP contribution in [-0.4, -0.2) is 44.2 Å². The molecule has 2 fully saturated rings. The molecule has 1 aromatic carbocycles. The number of quaternary nitrogens is 1. The van der Waals surface area contributed by atoms with Crippen LogP contribution in [0, 0.1) is 0 Å². The lowest BCUT2D eigenvalue weighted by Crippen LogP contribution is -3.18. The number of morpholine rings is 1. The number of carbonyl (C=O) groups excluding carboxylic acids is 2. The maximum Gasteiger partial charge on any atom is 0.416 e. The second kappa shape index (κ2) is 6.34. The molecule has 130 valence electrons. The van der Waals surface area contributed by atoms with Gasteiger partial charge in [0.05, 0.1) is 35.9 Å². The van der Waals surface area contributed by atoms with Gasteiger partial charge in [0.15, 0.2) is 6.04 Å². The molecule has 2 aliphatic rings. The molecular formula is C15H15ClF3N2O3+. The Morgan fingerprint density at radius 1 is 1.21 bits per heavy atom. The number of rotatable bonds is 2. The summed E-state index contributed by atoms with van der Waals surface area (Å²) in [6, 6.07) is 2.01. The molecule has 24 heavy (non-hydrogen) atoms. The number of hydrogen-bond acceptors (Lipinski definition) is 3. The molecule has 2 amide bonds. The molecule has 2 heterocycles. The molecule has 0 aromatic heterocycles. The molecule has 2 saturated heterocycles. The number of nitrogens with one attached hydrogen (secondary N) is 1. The summed E-state index contributed by atoms with van der Waals surface area (Å²) in [6.07, 6.45) is -4.62. The van der Waals surface area contributed by atoms with Gasteiger partial charge in [-0.05, 0) is 18.2 Å². The number of ether oxygens (including phenoxy) is 1. The number of imide groups is 1. The molecule has 1 N–H and O–H groups in total. The maximum absolute atomic E-state index is 12.9. The smallest absolute Gasteiger partial charge is 0.370 e. The Hall–Kier alpha value is -1.64. The zero-order chi connectivity index (χ0) is 17.5. The van der Waals surface area contributed by atoms with E-state index < -0.39 is 29.6 Å². The monoisotopic (exact) mass is 363 g/mol. The van der Waals surface area contributed by atoms with Crippen molar-refractivity contribution in [3.05, 3.63) is 28.8 Å². The first-order chi connectivity index (χ1) is 11.3. The quantitative estimate of drug-likeness (QED) is 0.795. The SMILES string of the molecule is O=C1C[C@H]([NH+]2CCOCC2)C(=O)N1c1cc(C(F)(F)F)ccc1Cl. The second-order valence-electron chi connectivity index (χ2n) is 5.76. The van der Waals surface area contributed by atoms with E-state index in [1.54, 1.807) is 0 Å². The largest absolute Gasteiger partial charge is 0.416 e. The Balaban J connectivity index is 1.91. The highest BCUT2D eigenvalue weighted by Gasteiger charge is 2.47. The van der Waals surface area contributed by atoms with E-state index in [0.717, 1.165) is 28.0 Å². The highest BCUT2D eigenvalue weighted by molar-refractivity contribution is 6.36. The summed E-state index contributed by atoms with van der Waals surface area (Å²) in [5.74, 6) is -1.05. The Bertz CT molecular complexity index is 674. The normalized spacial score (nSPS) is 23.2. The second-order valence-corrected chi connectivity index (χ2v) is 6.17. The van der Waals surface area contributed by atoms with Gasteiger partial charge in [0.25, 0.3) is 5.91 Å². The molecule has 0 radical (unpaired) electrons. The van der Waals surface area contributed by atoms with Crippen molar-refractivity contribution in [2.24, 2.45) is 0 Å². The molecule has 9 heteroatoms. The van der Waals surface area contributed by atoms with E-state index in [9.17, 15) is 22.8 Å². The minimum Gasteiger partial charge on any atom is -0.370 e. The van der Waals surface area contributed by atoms with Crippen molar-refractivity contribution in [3.8, 4) is 0 Å². The van der Waals surface area contributed by atoms with E-state index in [-0.39, 0.29) is 17.1 Å². The molecule has 0 aliphatic carbocycles. The number of amides is 2. The topological polar surface area (TPSA) is 51.1 Å². The van der Waals surface area contributed by atoms with Gasteiger partial charge in [-0.1, -0.05) is 11.6 Å². The summed E-state index contributed by atoms with van der Waals surface area (Å²) >= 11 is 5.95. The number of alkyl halides is 3. The average molecular weight is 364 g/mol. The van der Waals surface area contributed by atoms with Crippen LogP contribution < -0.4 is 9.80 Å². The summed E-state index contributed by atoms with van der Waals surface area (Å²) in [7, 11) is 0. The van der Waals surface area contributed by atoms with E-state index in [0.29, 0.717) is 26.3 Å². The van der Waals surface area contributed by atoms with Crippen LogP contribution in [-0.2, 0) is 20.5 Å². The zero-order valence-corrected chi connectivity index (χ0v) is 13.3. The molecule has 0 saturated carbocycles. The van der Waals surface area contributed by atoms with Gasteiger partial charge < -0.3 is 9.64 Å². The molecule has 1 aromatic rings. The number of nitrogens with zero attached hydrogens (tertiary/aromatic N) is 1. The number of halogens is 4. The van der Waals surface area contributed by atoms with Crippen molar-refractivity contribution >= 4 is 29.1 Å². The van der Waals surface area contributed by atoms with Crippen LogP contribution in [0.5, 0.6) is 0 Å². The Labute approximate surface area is 140 Å². The lowest BCUT2D eigenvalue weighted by Gasteiger charge is -2.27. The Morgan fingerprint density at radius 2 is 1.88 bits per heavy atom. The van der Waals surface area contributed by atoms with Gasteiger partial charge in [0, 0.05) is 0 Å². The van der Waals surface area contributed by atoms with Gasteiger partial charge in [0.1, 0.15) is 13.1 Å². The van der Waals surface area contributed by atoms with E-state index in [2.05, 4.69) is 0 Å². The molecule has 0 unspecified atom stereocenters. The van der Waals surface area contributed by atoms with Gasteiger partial charge in [-0.15, -0.1) is 0 Å². The van der Waals surface area contributed by atoms with Crippen molar-refractivity contribution in [2.75, 3.05) is 31.2 Å². The van der Waals surface area contributed by atoms with Crippen LogP contribution in [0.3, 0.4) is 0 Å². The third-order valence-electron chi connectivity index (χ3n) is 4.29. The van der Waals surface area contributed by atoms with E-state index >= 15 is 0 Å². The number of anilines is 1. The predicted octanol–water partition coefficient (Wildman–Crippen LogP) is 0.906. The molecule has 1 atom stereocenters. The summed E-state index contributed by atoms with van der Waals surface area (Å²) in [4.78, 5) is 26.6. The van der Waals surface area contributed by atoms with Gasteiger partial charge in [-0.2, -0.15) is 13.2 Å². The fraction of sp³-hybridized carbons (Fsp3) is 0.467. The number of carbonyl (C=O) groups is 2. The summed E-state index contributed by atoms with van der Waals surface area (Å²) < 4.78 is 43.9. The van der Waals surface area contributed by atoms with Gasteiger partial charge in [-0.3, -0.25) is 9.59 Å². The molecular weight excluding hydrogens is 349 g/mol. The van der Waals surface area contributed by atoms with Crippen LogP contribution in [0.2, 0.25) is 5.02 Å². The minimum atomic E-state index is -4.58. The first kappa shape index (κ1) is 17.2. The average Bonchev–Trinajstić information content (AvgIpc) is 2.83. The van der Waals surface area contributed by atoms with Crippen LogP contribution in [0.4, 0.5) is 18.9 Å². The highest BCUT2D eigenvalue weighted by atomic mass is 35.5. The fourth-order valence-electron chi connectivity index (χ4n) is 3.05. The van der Waals surface area contributed by atoms with Crippen LogP contribution >= 0.6 is 11.6 Å². The Morgan fingerprint density at radius 3 is 2.50 bits per heavy atom. The van der Waals surface area contributed by atoms with Gasteiger partial charge in [-0.25, -0.2) is 4.90 Å². The zero-order valence-electron chi connectivity index (χ0n) is 12.5. The van der Waals surface area contributed by atoms with Crippen molar-refractivity contribution in [1.29, 1.82) is 0 Å². The third kappa shape index (κ3) is 3.13. The molecule has 5 nitrogen and oxygen atoms in total. The highest BCUT2D eigenvalue weighted by Crippen LogP contribution is 2.36. The number of hydrogen-bond donors (Lipinski definition) is 1. The lowest BCUT2D eigenvalue weighted by molar-refractivity contribution is -0.922. The molecule has 0 spiro atoms. The fourth-order valence-corrected chi connectivity index (χ4v) is 3.25. The Kier molecular flexibility index (Phi) is 4.54. The van der Waals surface area contributed by atoms with Crippen LogP contribution in [0.15, 0.2) is 18.2 Å². The van der Waals surface area contributed by atoms with Crippen LogP contribution in [0.1, 0.15) is 12.0 Å². The van der Waals surface area contributed by atoms with E-state index in [1.807, 2.05) is 0 Å². The molecule has 0 bridgehead atoms. The predicted molar refractivity (Wildman–Crippen MR) is 78.9 cm³/mol. The minimum absolute atomic E-state index is 0.0409. The first-order valence-corrected chi connectivity index (χ1v) is 7.82. The maximum atomic E-state index is 12.9. The summed E-state index contributed by atoms with van der Waals surface area (Å²) in [5, 5.41) is -0.0673. The summed E-state index contributed by atoms with van der Waals surface area (Å²) in [5.41, 5.74) is -1.17. The van der Waals surface area contributed by atoms with Crippen molar-refractivity contribution in [2.45, 2.75) is 18.6 Å². The van der Waals surface area contributed by atoms with E-state index in [1.165, 1.54) is 0 Å². The first-order valence-electron chi connectivity index (χ1n) is 7.45. The number of benzene rings is 1. The van der Waals surface area contributed by atoms with Crippen LogP contribution in [0.25, 0.3) is 0 Å². The van der Waals surface area contributed by atoms with Crippen molar-refractivity contribution in [1.82, 2.24) is 0 Å². The van der Waals surface area contributed by atoms with Crippen molar-refractivity contribution in [3.63, 3.8) is 0 Å². The summed E-state index contributed by atoms with van der Waals surface area (Å²) in [6.45, 7) is 2.12. The standard InChI is InChI=1S/C15H14ClF3N2O3/c16-10-2-1-9(15(17,18)19)7-11(10)21-13(22)8-12(14(21)23)20-3-5-24-6-4-20/h1-2,7,12H,3-6,8H2/p+1/t12-/m0/s1. The third-order valence-corrected chi connectivity index (χ3v) is 4.61. The van der Waals surface area contributed by atoms with Gasteiger partial charge in [0.2, 0.25) is 5.91 Å². The van der Waals surface area contributed by atoms with E-state index in [4.69, 9.17) is 16.3 Å². The van der Waals surface area contributed by atoms with Gasteiger partial charge >= 0.3 is 6.18 Å². The molecule has 3 rings (SSSR count). The molecule has 2 aliphatic heterocycles. The lowest BCUT2D eigenvalue weighted by atomic mass is 10.1.